The van der Waals surface area contributed by atoms with Crippen LogP contribution >= 0.6 is 0 Å². The Kier molecular flexibility index (Phi) is 5.16. The molecule has 5 rings (SSSR count). The van der Waals surface area contributed by atoms with E-state index in [2.05, 4.69) is 11.1 Å². The van der Waals surface area contributed by atoms with E-state index >= 15 is 0 Å². The number of methoxy groups -OCH3 is 1. The van der Waals surface area contributed by atoms with E-state index in [0.29, 0.717) is 5.92 Å². The van der Waals surface area contributed by atoms with Crippen molar-refractivity contribution in [2.75, 3.05) is 20.2 Å². The third-order valence-corrected chi connectivity index (χ3v) is 6.13. The lowest BCUT2D eigenvalue weighted by Gasteiger charge is -2.31. The second-order valence-electron chi connectivity index (χ2n) is 7.98. The summed E-state index contributed by atoms with van der Waals surface area (Å²) in [7, 11) is 1.67. The number of likely N-dealkylation sites (tertiary alicyclic amines) is 1. The van der Waals surface area contributed by atoms with Gasteiger partial charge >= 0.3 is 0 Å². The first-order valence-corrected chi connectivity index (χ1v) is 10.7. The van der Waals surface area contributed by atoms with Crippen LogP contribution in [-0.2, 0) is 0 Å². The van der Waals surface area contributed by atoms with Gasteiger partial charge in [-0.2, -0.15) is 0 Å². The van der Waals surface area contributed by atoms with E-state index in [4.69, 9.17) is 9.72 Å². The van der Waals surface area contributed by atoms with Crippen molar-refractivity contribution >= 4 is 16.9 Å². The molecular formula is C26H25N3O2. The summed E-state index contributed by atoms with van der Waals surface area (Å²) in [5.41, 5.74) is 4.87. The van der Waals surface area contributed by atoms with E-state index < -0.39 is 0 Å². The Morgan fingerprint density at radius 3 is 2.42 bits per heavy atom. The van der Waals surface area contributed by atoms with Crippen molar-refractivity contribution in [3.05, 3.63) is 84.2 Å². The topological polar surface area (TPSA) is 58.2 Å². The first kappa shape index (κ1) is 19.4. The van der Waals surface area contributed by atoms with Crippen molar-refractivity contribution in [2.45, 2.75) is 18.8 Å². The Morgan fingerprint density at radius 1 is 0.968 bits per heavy atom. The maximum Gasteiger partial charge on any atom is 0.253 e. The molecule has 1 aliphatic rings. The normalized spacial score (nSPS) is 14.7. The van der Waals surface area contributed by atoms with Gasteiger partial charge in [0.1, 0.15) is 11.6 Å². The summed E-state index contributed by atoms with van der Waals surface area (Å²) >= 11 is 0. The number of benzene rings is 3. The smallest absolute Gasteiger partial charge is 0.253 e. The molecule has 31 heavy (non-hydrogen) atoms. The van der Waals surface area contributed by atoms with Crippen LogP contribution in [0.2, 0.25) is 0 Å². The van der Waals surface area contributed by atoms with E-state index in [-0.39, 0.29) is 5.91 Å². The fraction of sp³-hybridized carbons (Fsp3) is 0.231. The van der Waals surface area contributed by atoms with Crippen LogP contribution in [0.3, 0.4) is 0 Å². The number of imidazole rings is 1. The first-order chi connectivity index (χ1) is 15.2. The molecule has 0 atom stereocenters. The lowest BCUT2D eigenvalue weighted by Crippen LogP contribution is -2.38. The lowest BCUT2D eigenvalue weighted by atomic mass is 9.95. The number of amides is 1. The molecule has 1 aliphatic heterocycles. The van der Waals surface area contributed by atoms with Crippen molar-refractivity contribution in [1.82, 2.24) is 14.9 Å². The van der Waals surface area contributed by atoms with Crippen molar-refractivity contribution in [3.8, 4) is 16.9 Å². The molecule has 4 aromatic rings. The van der Waals surface area contributed by atoms with Gasteiger partial charge in [0.15, 0.2) is 0 Å². The molecule has 2 heterocycles. The van der Waals surface area contributed by atoms with Gasteiger partial charge in [0.2, 0.25) is 0 Å². The maximum absolute atomic E-state index is 13.0. The number of hydrogen-bond acceptors (Lipinski definition) is 3. The number of piperidine rings is 1. The molecular weight excluding hydrogens is 386 g/mol. The monoisotopic (exact) mass is 411 g/mol. The second kappa shape index (κ2) is 8.26. The number of fused-ring (bicyclic) bond motifs is 1. The van der Waals surface area contributed by atoms with Crippen LogP contribution < -0.4 is 4.74 Å². The Labute approximate surface area is 181 Å². The number of aromatic amines is 1. The summed E-state index contributed by atoms with van der Waals surface area (Å²) in [6, 6.07) is 23.8. The molecule has 3 aromatic carbocycles. The molecule has 0 radical (unpaired) electrons. The average molecular weight is 412 g/mol. The zero-order chi connectivity index (χ0) is 21.2. The Hall–Kier alpha value is -3.60. The van der Waals surface area contributed by atoms with Crippen molar-refractivity contribution < 1.29 is 9.53 Å². The summed E-state index contributed by atoms with van der Waals surface area (Å²) in [5, 5.41) is 0. The van der Waals surface area contributed by atoms with Crippen molar-refractivity contribution in [2.24, 2.45) is 0 Å². The third kappa shape index (κ3) is 3.79. The molecule has 1 amide bonds. The SMILES string of the molecule is COc1ccccc1-c1ccc(C(=O)N2CCC(c3nc4ccccc4[nH]3)CC2)cc1. The fourth-order valence-corrected chi connectivity index (χ4v) is 4.38. The number of hydrogen-bond donors (Lipinski definition) is 1. The first-order valence-electron chi connectivity index (χ1n) is 10.7. The molecule has 0 bridgehead atoms. The van der Waals surface area contributed by atoms with Gasteiger partial charge in [-0.15, -0.1) is 0 Å². The predicted octanol–water partition coefficient (Wildman–Crippen LogP) is 5.26. The van der Waals surface area contributed by atoms with Gasteiger partial charge in [-0.1, -0.05) is 42.5 Å². The second-order valence-corrected chi connectivity index (χ2v) is 7.98. The highest BCUT2D eigenvalue weighted by Gasteiger charge is 2.26. The Morgan fingerprint density at radius 2 is 1.68 bits per heavy atom. The van der Waals surface area contributed by atoms with Crippen LogP contribution in [-0.4, -0.2) is 41.0 Å². The van der Waals surface area contributed by atoms with E-state index in [0.717, 1.165) is 65.2 Å². The summed E-state index contributed by atoms with van der Waals surface area (Å²) in [6.07, 6.45) is 1.84. The summed E-state index contributed by atoms with van der Waals surface area (Å²) < 4.78 is 5.46. The molecule has 1 aromatic heterocycles. The molecule has 1 N–H and O–H groups in total. The zero-order valence-corrected chi connectivity index (χ0v) is 17.5. The third-order valence-electron chi connectivity index (χ3n) is 6.13. The molecule has 0 unspecified atom stereocenters. The van der Waals surface area contributed by atoms with E-state index in [1.165, 1.54) is 0 Å². The van der Waals surface area contributed by atoms with Crippen molar-refractivity contribution in [3.63, 3.8) is 0 Å². The molecule has 5 heteroatoms. The number of para-hydroxylation sites is 3. The van der Waals surface area contributed by atoms with Crippen LogP contribution in [0.4, 0.5) is 0 Å². The van der Waals surface area contributed by atoms with Gasteiger partial charge in [0.05, 0.1) is 18.1 Å². The van der Waals surface area contributed by atoms with E-state index in [9.17, 15) is 4.79 Å². The van der Waals surface area contributed by atoms with Gasteiger partial charge in [-0.3, -0.25) is 4.79 Å². The van der Waals surface area contributed by atoms with Gasteiger partial charge in [0.25, 0.3) is 5.91 Å². The highest BCUT2D eigenvalue weighted by atomic mass is 16.5. The number of rotatable bonds is 4. The number of nitrogens with one attached hydrogen (secondary N) is 1. The summed E-state index contributed by atoms with van der Waals surface area (Å²) in [6.45, 7) is 1.49. The minimum absolute atomic E-state index is 0.0923. The number of H-pyrrole nitrogens is 1. The number of aromatic nitrogens is 2. The van der Waals surface area contributed by atoms with Gasteiger partial charge < -0.3 is 14.6 Å². The molecule has 1 fully saturated rings. The van der Waals surface area contributed by atoms with Crippen LogP contribution in [0, 0.1) is 0 Å². The van der Waals surface area contributed by atoms with Crippen LogP contribution in [0.5, 0.6) is 5.75 Å². The minimum atomic E-state index is 0.0923. The number of nitrogens with zero attached hydrogens (tertiary/aromatic N) is 2. The van der Waals surface area contributed by atoms with Gasteiger partial charge in [-0.25, -0.2) is 4.98 Å². The van der Waals surface area contributed by atoms with Gasteiger partial charge in [0, 0.05) is 30.1 Å². The average Bonchev–Trinajstić information content (AvgIpc) is 3.28. The zero-order valence-electron chi connectivity index (χ0n) is 17.5. The molecule has 0 spiro atoms. The predicted molar refractivity (Wildman–Crippen MR) is 122 cm³/mol. The highest BCUT2D eigenvalue weighted by Crippen LogP contribution is 2.31. The summed E-state index contributed by atoms with van der Waals surface area (Å²) in [4.78, 5) is 23.2. The Balaban J connectivity index is 1.26. The van der Waals surface area contributed by atoms with Gasteiger partial charge in [-0.05, 0) is 48.7 Å². The van der Waals surface area contributed by atoms with E-state index in [1.54, 1.807) is 7.11 Å². The highest BCUT2D eigenvalue weighted by molar-refractivity contribution is 5.95. The van der Waals surface area contributed by atoms with Crippen LogP contribution in [0.15, 0.2) is 72.8 Å². The minimum Gasteiger partial charge on any atom is -0.496 e. The van der Waals surface area contributed by atoms with Crippen molar-refractivity contribution in [1.29, 1.82) is 0 Å². The van der Waals surface area contributed by atoms with E-state index in [1.807, 2.05) is 71.6 Å². The molecule has 0 saturated carbocycles. The standard InChI is InChI=1S/C26H25N3O2/c1-31-24-9-5-2-6-21(24)18-10-12-20(13-11-18)26(30)29-16-14-19(15-17-29)25-27-22-7-3-4-8-23(22)28-25/h2-13,19H,14-17H2,1H3,(H,27,28). The fourth-order valence-electron chi connectivity index (χ4n) is 4.38. The van der Waals surface area contributed by atoms with Crippen LogP contribution in [0.1, 0.15) is 34.9 Å². The molecule has 0 aliphatic carbocycles. The quantitative estimate of drug-likeness (QED) is 0.498. The van der Waals surface area contributed by atoms with Crippen LogP contribution in [0.25, 0.3) is 22.2 Å². The molecule has 5 nitrogen and oxygen atoms in total. The molecule has 1 saturated heterocycles. The number of ether oxygens (including phenoxy) is 1. The summed E-state index contributed by atoms with van der Waals surface area (Å²) in [5.74, 6) is 2.32. The Bertz CT molecular complexity index is 1170. The largest absolute Gasteiger partial charge is 0.496 e. The number of carbonyl (C=O) groups excluding carboxylic acids is 1. The lowest BCUT2D eigenvalue weighted by molar-refractivity contribution is 0.0711. The maximum atomic E-state index is 13.0. The number of carbonyl (C=O) groups is 1. The molecule has 156 valence electrons.